The Morgan fingerprint density at radius 2 is 2.27 bits per heavy atom. The number of ether oxygens (including phenoxy) is 3. The number of carbonyl (C=O) groups excluding carboxylic acids is 1. The number of guanidine groups is 1. The van der Waals surface area contributed by atoms with Crippen LogP contribution in [0.2, 0.25) is 0 Å². The quantitative estimate of drug-likeness (QED) is 0.296. The third kappa shape index (κ3) is 6.34. The molecule has 1 aromatic heterocycles. The van der Waals surface area contributed by atoms with Crippen molar-refractivity contribution in [3.63, 3.8) is 0 Å². The number of esters is 1. The molecular formula is C18H29N3O5. The summed E-state index contributed by atoms with van der Waals surface area (Å²) in [5.41, 5.74) is 0.440. The Morgan fingerprint density at radius 1 is 1.42 bits per heavy atom. The van der Waals surface area contributed by atoms with Gasteiger partial charge in [0.2, 0.25) is 0 Å². The molecule has 2 N–H and O–H groups in total. The molecule has 0 spiro atoms. The minimum atomic E-state index is -0.400. The number of nitrogens with zero attached hydrogens (tertiary/aromatic N) is 1. The van der Waals surface area contributed by atoms with Gasteiger partial charge in [-0.25, -0.2) is 4.79 Å². The second-order valence-electron chi connectivity index (χ2n) is 6.09. The van der Waals surface area contributed by atoms with E-state index in [1.165, 1.54) is 7.11 Å². The van der Waals surface area contributed by atoms with Gasteiger partial charge < -0.3 is 29.3 Å². The van der Waals surface area contributed by atoms with Crippen molar-refractivity contribution < 1.29 is 23.4 Å². The molecule has 8 heteroatoms. The predicted octanol–water partition coefficient (Wildman–Crippen LogP) is 1.63. The maximum atomic E-state index is 11.6. The first-order valence-electron chi connectivity index (χ1n) is 8.95. The van der Waals surface area contributed by atoms with Crippen molar-refractivity contribution in [2.45, 2.75) is 38.8 Å². The summed E-state index contributed by atoms with van der Waals surface area (Å²) in [7, 11) is 3.06. The van der Waals surface area contributed by atoms with Crippen molar-refractivity contribution in [1.82, 2.24) is 10.6 Å². The van der Waals surface area contributed by atoms with Crippen molar-refractivity contribution in [2.75, 3.05) is 40.5 Å². The average Bonchev–Trinajstić information content (AvgIpc) is 3.29. The standard InChI is InChI=1S/C18H29N3O5/c1-13-16(17(22)23-3)10-15(26-13)11-21-18(19-2)20-7-5-8-24-12-14-6-4-9-25-14/h10,14H,4-9,11-12H2,1-3H3,(H2,19,20,21). The Balaban J connectivity index is 1.62. The summed E-state index contributed by atoms with van der Waals surface area (Å²) in [5.74, 6) is 1.45. The molecule has 1 atom stereocenters. The van der Waals surface area contributed by atoms with E-state index >= 15 is 0 Å². The van der Waals surface area contributed by atoms with Gasteiger partial charge in [0.05, 0.1) is 26.4 Å². The fourth-order valence-electron chi connectivity index (χ4n) is 2.71. The summed E-state index contributed by atoms with van der Waals surface area (Å²) in [6, 6.07) is 1.68. The molecule has 1 fully saturated rings. The number of carbonyl (C=O) groups is 1. The highest BCUT2D eigenvalue weighted by Gasteiger charge is 2.16. The molecule has 1 aliphatic heterocycles. The second-order valence-corrected chi connectivity index (χ2v) is 6.09. The third-order valence-corrected chi connectivity index (χ3v) is 4.11. The van der Waals surface area contributed by atoms with Gasteiger partial charge in [-0.15, -0.1) is 0 Å². The number of nitrogens with one attached hydrogen (secondary N) is 2. The van der Waals surface area contributed by atoms with Crippen molar-refractivity contribution in [3.8, 4) is 0 Å². The molecule has 0 aromatic carbocycles. The Morgan fingerprint density at radius 3 is 2.96 bits per heavy atom. The van der Waals surface area contributed by atoms with Crippen molar-refractivity contribution in [3.05, 3.63) is 23.2 Å². The molecule has 1 unspecified atom stereocenters. The van der Waals surface area contributed by atoms with Crippen LogP contribution >= 0.6 is 0 Å². The first-order chi connectivity index (χ1) is 12.6. The zero-order valence-electron chi connectivity index (χ0n) is 15.8. The molecule has 1 aliphatic rings. The van der Waals surface area contributed by atoms with E-state index in [-0.39, 0.29) is 6.10 Å². The second kappa shape index (κ2) is 10.8. The van der Waals surface area contributed by atoms with Gasteiger partial charge in [0.1, 0.15) is 17.1 Å². The van der Waals surface area contributed by atoms with Gasteiger partial charge in [0.15, 0.2) is 5.96 Å². The first-order valence-corrected chi connectivity index (χ1v) is 8.95. The highest BCUT2D eigenvalue weighted by Crippen LogP contribution is 2.15. The summed E-state index contributed by atoms with van der Waals surface area (Å²) in [4.78, 5) is 15.8. The Kier molecular flexibility index (Phi) is 8.43. The van der Waals surface area contributed by atoms with Crippen LogP contribution in [0.5, 0.6) is 0 Å². The molecule has 2 heterocycles. The van der Waals surface area contributed by atoms with Crippen molar-refractivity contribution >= 4 is 11.9 Å². The molecule has 146 valence electrons. The topological polar surface area (TPSA) is 94.3 Å². The number of furan rings is 1. The third-order valence-electron chi connectivity index (χ3n) is 4.11. The van der Waals surface area contributed by atoms with E-state index in [0.717, 1.165) is 32.4 Å². The summed E-state index contributed by atoms with van der Waals surface area (Å²) >= 11 is 0. The molecular weight excluding hydrogens is 338 g/mol. The molecule has 0 radical (unpaired) electrons. The van der Waals surface area contributed by atoms with E-state index < -0.39 is 5.97 Å². The van der Waals surface area contributed by atoms with Crippen LogP contribution in [0, 0.1) is 6.92 Å². The largest absolute Gasteiger partial charge is 0.465 e. The Hall–Kier alpha value is -2.06. The number of methoxy groups -OCH3 is 1. The van der Waals surface area contributed by atoms with Gasteiger partial charge in [-0.1, -0.05) is 0 Å². The minimum absolute atomic E-state index is 0.268. The Bertz CT molecular complexity index is 594. The van der Waals surface area contributed by atoms with Crippen LogP contribution in [-0.2, 0) is 20.8 Å². The van der Waals surface area contributed by atoms with Gasteiger partial charge in [0.25, 0.3) is 0 Å². The molecule has 0 bridgehead atoms. The summed E-state index contributed by atoms with van der Waals surface area (Å²) in [6.07, 6.45) is 3.37. The fraction of sp³-hybridized carbons (Fsp3) is 0.667. The monoisotopic (exact) mass is 367 g/mol. The van der Waals surface area contributed by atoms with Crippen molar-refractivity contribution in [1.29, 1.82) is 0 Å². The molecule has 0 amide bonds. The zero-order valence-corrected chi connectivity index (χ0v) is 15.8. The number of hydrogen-bond acceptors (Lipinski definition) is 6. The van der Waals surface area contributed by atoms with Gasteiger partial charge in [0, 0.05) is 26.8 Å². The molecule has 8 nitrogen and oxygen atoms in total. The Labute approximate surface area is 154 Å². The molecule has 2 rings (SSSR count). The zero-order chi connectivity index (χ0) is 18.8. The van der Waals surface area contributed by atoms with Crippen LogP contribution in [0.15, 0.2) is 15.5 Å². The molecule has 0 saturated carbocycles. The van der Waals surface area contributed by atoms with E-state index in [4.69, 9.17) is 18.6 Å². The van der Waals surface area contributed by atoms with Crippen LogP contribution in [0.1, 0.15) is 41.1 Å². The number of rotatable bonds is 9. The lowest BCUT2D eigenvalue weighted by Crippen LogP contribution is -2.37. The molecule has 1 saturated heterocycles. The molecule has 0 aliphatic carbocycles. The fourth-order valence-corrected chi connectivity index (χ4v) is 2.71. The number of aryl methyl sites for hydroxylation is 1. The average molecular weight is 367 g/mol. The number of aliphatic imine (C=N–C) groups is 1. The SMILES string of the molecule is CN=C(NCCCOCC1CCCO1)NCc1cc(C(=O)OC)c(C)o1. The minimum Gasteiger partial charge on any atom is -0.465 e. The van der Waals surface area contributed by atoms with E-state index in [2.05, 4.69) is 15.6 Å². The van der Waals surface area contributed by atoms with E-state index in [0.29, 0.717) is 42.8 Å². The predicted molar refractivity (Wildman–Crippen MR) is 97.4 cm³/mol. The van der Waals surface area contributed by atoms with Crippen LogP contribution in [0.3, 0.4) is 0 Å². The normalized spacial score (nSPS) is 17.3. The molecule has 26 heavy (non-hydrogen) atoms. The van der Waals surface area contributed by atoms with Crippen LogP contribution in [0.25, 0.3) is 0 Å². The lowest BCUT2D eigenvalue weighted by atomic mass is 10.2. The highest BCUT2D eigenvalue weighted by atomic mass is 16.5. The lowest BCUT2D eigenvalue weighted by molar-refractivity contribution is 0.0168. The number of hydrogen-bond donors (Lipinski definition) is 2. The van der Waals surface area contributed by atoms with Crippen LogP contribution < -0.4 is 10.6 Å². The highest BCUT2D eigenvalue weighted by molar-refractivity contribution is 5.90. The van der Waals surface area contributed by atoms with Gasteiger partial charge in [-0.05, 0) is 32.3 Å². The van der Waals surface area contributed by atoms with E-state index in [1.807, 2.05) is 0 Å². The van der Waals surface area contributed by atoms with Gasteiger partial charge in [-0.2, -0.15) is 0 Å². The summed E-state index contributed by atoms with van der Waals surface area (Å²) < 4.78 is 21.4. The van der Waals surface area contributed by atoms with Crippen LogP contribution in [0.4, 0.5) is 0 Å². The summed E-state index contributed by atoms with van der Waals surface area (Å²) in [6.45, 7) is 5.12. The van der Waals surface area contributed by atoms with Gasteiger partial charge >= 0.3 is 5.97 Å². The van der Waals surface area contributed by atoms with Crippen LogP contribution in [-0.4, -0.2) is 58.6 Å². The van der Waals surface area contributed by atoms with Gasteiger partial charge in [-0.3, -0.25) is 4.99 Å². The first kappa shape index (κ1) is 20.3. The van der Waals surface area contributed by atoms with E-state index in [1.54, 1.807) is 20.0 Å². The maximum absolute atomic E-state index is 11.6. The maximum Gasteiger partial charge on any atom is 0.341 e. The molecule has 1 aromatic rings. The van der Waals surface area contributed by atoms with E-state index in [9.17, 15) is 4.79 Å². The van der Waals surface area contributed by atoms with Crippen molar-refractivity contribution in [2.24, 2.45) is 4.99 Å². The smallest absolute Gasteiger partial charge is 0.341 e. The summed E-state index contributed by atoms with van der Waals surface area (Å²) in [5, 5.41) is 6.37. The lowest BCUT2D eigenvalue weighted by Gasteiger charge is -2.12.